The van der Waals surface area contributed by atoms with E-state index >= 15 is 0 Å². The third-order valence-corrected chi connectivity index (χ3v) is 4.58. The Kier molecular flexibility index (Phi) is 3.50. The van der Waals surface area contributed by atoms with Gasteiger partial charge in [0, 0.05) is 13.0 Å². The molecule has 1 aromatic heterocycles. The third-order valence-electron chi connectivity index (χ3n) is 2.65. The maximum absolute atomic E-state index is 11.7. The van der Waals surface area contributed by atoms with Crippen LogP contribution in [0.5, 0.6) is 0 Å². The van der Waals surface area contributed by atoms with Gasteiger partial charge in [0.15, 0.2) is 0 Å². The first-order valence-electron chi connectivity index (χ1n) is 4.92. The molecular weight excluding hydrogens is 301 g/mol. The monoisotopic (exact) mass is 309 g/mol. The fraction of sp³-hybridized carbons (Fsp3) is 0.333. The molecule has 2 heterocycles. The van der Waals surface area contributed by atoms with Crippen molar-refractivity contribution in [1.29, 1.82) is 0 Å². The van der Waals surface area contributed by atoms with Crippen molar-refractivity contribution < 1.29 is 13.2 Å². The van der Waals surface area contributed by atoms with Crippen LogP contribution in [0.3, 0.4) is 0 Å². The van der Waals surface area contributed by atoms with E-state index in [0.29, 0.717) is 5.69 Å². The summed E-state index contributed by atoms with van der Waals surface area (Å²) in [6.45, 7) is -0.00267. The summed E-state index contributed by atoms with van der Waals surface area (Å²) in [4.78, 5) is 16.8. The largest absolute Gasteiger partial charge is 0.309 e. The zero-order chi connectivity index (χ0) is 13.5. The summed E-state index contributed by atoms with van der Waals surface area (Å²) >= 11 is 11.5. The van der Waals surface area contributed by atoms with Crippen molar-refractivity contribution in [2.45, 2.75) is 11.7 Å². The Morgan fingerprint density at radius 3 is 2.61 bits per heavy atom. The summed E-state index contributed by atoms with van der Waals surface area (Å²) in [5, 5.41) is 4.44. The molecule has 0 aromatic carbocycles. The van der Waals surface area contributed by atoms with Gasteiger partial charge in [0.2, 0.25) is 15.9 Å². The lowest BCUT2D eigenvalue weighted by Gasteiger charge is -2.16. The van der Waals surface area contributed by atoms with Crippen LogP contribution in [0.25, 0.3) is 0 Å². The molecule has 1 saturated heterocycles. The van der Waals surface area contributed by atoms with E-state index in [-0.39, 0.29) is 29.0 Å². The van der Waals surface area contributed by atoms with Crippen LogP contribution in [0.1, 0.15) is 6.42 Å². The summed E-state index contributed by atoms with van der Waals surface area (Å²) in [5.41, 5.74) is 0.403. The molecule has 1 aliphatic rings. The van der Waals surface area contributed by atoms with Crippen LogP contribution in [0, 0.1) is 0 Å². The van der Waals surface area contributed by atoms with Crippen LogP contribution in [0.4, 0.5) is 5.69 Å². The predicted molar refractivity (Wildman–Crippen MR) is 68.1 cm³/mol. The van der Waals surface area contributed by atoms with Gasteiger partial charge in [0.05, 0.1) is 16.9 Å². The van der Waals surface area contributed by atoms with Gasteiger partial charge in [0.1, 0.15) is 10.4 Å². The van der Waals surface area contributed by atoms with Gasteiger partial charge >= 0.3 is 0 Å². The van der Waals surface area contributed by atoms with Gasteiger partial charge < -0.3 is 4.90 Å². The molecule has 1 aliphatic heterocycles. The molecule has 0 spiro atoms. The Morgan fingerprint density at radius 1 is 1.44 bits per heavy atom. The fourth-order valence-corrected chi connectivity index (χ4v) is 2.70. The minimum absolute atomic E-state index is 0.00267. The number of primary sulfonamides is 1. The second kappa shape index (κ2) is 4.65. The predicted octanol–water partition coefficient (Wildman–Crippen LogP) is 0.782. The molecule has 1 unspecified atom stereocenters. The second-order valence-electron chi connectivity index (χ2n) is 3.89. The lowest BCUT2D eigenvalue weighted by molar-refractivity contribution is -0.117. The normalized spacial score (nSPS) is 20.5. The minimum atomic E-state index is -3.74. The number of hydrogen-bond acceptors (Lipinski definition) is 4. The van der Waals surface area contributed by atoms with E-state index in [2.05, 4.69) is 4.98 Å². The van der Waals surface area contributed by atoms with Crippen molar-refractivity contribution in [3.63, 3.8) is 0 Å². The van der Waals surface area contributed by atoms with Gasteiger partial charge in [-0.15, -0.1) is 0 Å². The van der Waals surface area contributed by atoms with Crippen LogP contribution < -0.4 is 10.0 Å². The standard InChI is InChI=1S/C9H9Cl2N3O3S/c10-7-1-5(3-13-9(7)11)14-4-6(2-8(14)15)18(12,16)17/h1,3,6H,2,4H2,(H2,12,16,17). The zero-order valence-corrected chi connectivity index (χ0v) is 11.3. The number of anilines is 1. The summed E-state index contributed by atoms with van der Waals surface area (Å²) in [6, 6.07) is 1.46. The van der Waals surface area contributed by atoms with Crippen LogP contribution in [0.2, 0.25) is 10.2 Å². The molecule has 98 valence electrons. The average molecular weight is 310 g/mol. The van der Waals surface area contributed by atoms with Crippen molar-refractivity contribution in [1.82, 2.24) is 4.98 Å². The van der Waals surface area contributed by atoms with Gasteiger partial charge in [-0.2, -0.15) is 0 Å². The van der Waals surface area contributed by atoms with Crippen molar-refractivity contribution in [3.05, 3.63) is 22.4 Å². The highest BCUT2D eigenvalue weighted by atomic mass is 35.5. The Labute approximate surface area is 114 Å². The first kappa shape index (κ1) is 13.5. The highest BCUT2D eigenvalue weighted by Crippen LogP contribution is 2.28. The van der Waals surface area contributed by atoms with E-state index in [1.807, 2.05) is 0 Å². The van der Waals surface area contributed by atoms with Crippen molar-refractivity contribution in [2.24, 2.45) is 5.14 Å². The van der Waals surface area contributed by atoms with Gasteiger partial charge in [-0.25, -0.2) is 18.5 Å². The number of nitrogens with two attached hydrogens (primary N) is 1. The third kappa shape index (κ3) is 2.59. The molecule has 2 rings (SSSR count). The zero-order valence-electron chi connectivity index (χ0n) is 9.01. The number of sulfonamides is 1. The van der Waals surface area contributed by atoms with Gasteiger partial charge in [-0.05, 0) is 6.07 Å². The van der Waals surface area contributed by atoms with Crippen molar-refractivity contribution >= 4 is 44.8 Å². The van der Waals surface area contributed by atoms with Crippen LogP contribution in [-0.4, -0.2) is 31.1 Å². The SMILES string of the molecule is NS(=O)(=O)C1CC(=O)N(c2cnc(Cl)c(Cl)c2)C1. The molecule has 1 aromatic rings. The van der Waals surface area contributed by atoms with Crippen LogP contribution >= 0.6 is 23.2 Å². The van der Waals surface area contributed by atoms with E-state index in [4.69, 9.17) is 28.3 Å². The van der Waals surface area contributed by atoms with Crippen molar-refractivity contribution in [2.75, 3.05) is 11.4 Å². The number of carbonyl (C=O) groups is 1. The molecule has 0 radical (unpaired) electrons. The summed E-state index contributed by atoms with van der Waals surface area (Å²) in [5.74, 6) is -0.339. The first-order chi connectivity index (χ1) is 8.29. The molecule has 0 aliphatic carbocycles. The molecule has 18 heavy (non-hydrogen) atoms. The highest BCUT2D eigenvalue weighted by Gasteiger charge is 2.37. The number of pyridine rings is 1. The second-order valence-corrected chi connectivity index (χ2v) is 6.50. The molecule has 6 nitrogen and oxygen atoms in total. The Bertz CT molecular complexity index is 605. The number of nitrogens with zero attached hydrogens (tertiary/aromatic N) is 2. The molecule has 1 atom stereocenters. The number of rotatable bonds is 2. The highest BCUT2D eigenvalue weighted by molar-refractivity contribution is 7.89. The molecular formula is C9H9Cl2N3O3S. The maximum Gasteiger partial charge on any atom is 0.228 e. The Balaban J connectivity index is 2.30. The lowest BCUT2D eigenvalue weighted by Crippen LogP contribution is -2.32. The average Bonchev–Trinajstić information content (AvgIpc) is 2.64. The number of carbonyl (C=O) groups excluding carboxylic acids is 1. The summed E-state index contributed by atoms with van der Waals surface area (Å²) in [7, 11) is -3.74. The van der Waals surface area contributed by atoms with E-state index in [1.165, 1.54) is 17.2 Å². The number of amides is 1. The number of hydrogen-bond donors (Lipinski definition) is 1. The maximum atomic E-state index is 11.7. The van der Waals surface area contributed by atoms with Gasteiger partial charge in [-0.1, -0.05) is 23.2 Å². The smallest absolute Gasteiger partial charge is 0.228 e. The molecule has 9 heteroatoms. The molecule has 1 fully saturated rings. The number of aromatic nitrogens is 1. The molecule has 1 amide bonds. The van der Waals surface area contributed by atoms with E-state index in [9.17, 15) is 13.2 Å². The van der Waals surface area contributed by atoms with Gasteiger partial charge in [-0.3, -0.25) is 4.79 Å². The Hall–Kier alpha value is -0.890. The van der Waals surface area contributed by atoms with E-state index < -0.39 is 15.3 Å². The number of halogens is 2. The lowest BCUT2D eigenvalue weighted by atomic mass is 10.4. The molecule has 0 saturated carbocycles. The minimum Gasteiger partial charge on any atom is -0.309 e. The quantitative estimate of drug-likeness (QED) is 0.817. The van der Waals surface area contributed by atoms with Crippen LogP contribution in [0.15, 0.2) is 12.3 Å². The van der Waals surface area contributed by atoms with Gasteiger partial charge in [0.25, 0.3) is 0 Å². The van der Waals surface area contributed by atoms with Crippen LogP contribution in [-0.2, 0) is 14.8 Å². The molecule has 2 N–H and O–H groups in total. The summed E-state index contributed by atoms with van der Waals surface area (Å²) < 4.78 is 22.4. The van der Waals surface area contributed by atoms with E-state index in [1.54, 1.807) is 0 Å². The molecule has 0 bridgehead atoms. The van der Waals surface area contributed by atoms with Crippen molar-refractivity contribution in [3.8, 4) is 0 Å². The topological polar surface area (TPSA) is 93.4 Å². The Morgan fingerprint density at radius 2 is 2.11 bits per heavy atom. The van der Waals surface area contributed by atoms with E-state index in [0.717, 1.165) is 0 Å². The first-order valence-corrected chi connectivity index (χ1v) is 7.28. The summed E-state index contributed by atoms with van der Waals surface area (Å²) in [6.07, 6.45) is 1.22. The fourth-order valence-electron chi connectivity index (χ4n) is 1.70.